The van der Waals surface area contributed by atoms with Crippen molar-refractivity contribution < 1.29 is 0 Å². The highest BCUT2D eigenvalue weighted by atomic mass is 15.5. The van der Waals surface area contributed by atoms with Crippen LogP contribution in [0, 0.1) is 6.92 Å². The predicted octanol–water partition coefficient (Wildman–Crippen LogP) is 1.49. The summed E-state index contributed by atoms with van der Waals surface area (Å²) in [7, 11) is 0. The molecular formula is C9H14N4. The number of aryl methyl sites for hydroxylation is 3. The van der Waals surface area contributed by atoms with Crippen LogP contribution in [0.3, 0.4) is 0 Å². The largest absolute Gasteiger partial charge is 0.280 e. The lowest BCUT2D eigenvalue weighted by Gasteiger charge is -1.89. The monoisotopic (exact) mass is 178 g/mol. The summed E-state index contributed by atoms with van der Waals surface area (Å²) in [6, 6.07) is 0. The highest BCUT2D eigenvalue weighted by Gasteiger charge is 2.10. The smallest absolute Gasteiger partial charge is 0.178 e. The summed E-state index contributed by atoms with van der Waals surface area (Å²) in [6.45, 7) is 6.25. The second-order valence-electron chi connectivity index (χ2n) is 3.19. The minimum absolute atomic E-state index is 0.887. The second-order valence-corrected chi connectivity index (χ2v) is 3.19. The maximum atomic E-state index is 4.44. The highest BCUT2D eigenvalue weighted by Crippen LogP contribution is 2.13. The van der Waals surface area contributed by atoms with Gasteiger partial charge in [0.15, 0.2) is 11.5 Å². The van der Waals surface area contributed by atoms with Gasteiger partial charge in [-0.15, -0.1) is 5.10 Å². The van der Waals surface area contributed by atoms with Crippen LogP contribution in [0.4, 0.5) is 0 Å². The van der Waals surface area contributed by atoms with E-state index in [4.69, 9.17) is 0 Å². The van der Waals surface area contributed by atoms with Gasteiger partial charge in [0.2, 0.25) is 0 Å². The van der Waals surface area contributed by atoms with Crippen LogP contribution in [0.1, 0.15) is 30.9 Å². The fraction of sp³-hybridized carbons (Fsp3) is 0.556. The van der Waals surface area contributed by atoms with Crippen molar-refractivity contribution in [2.24, 2.45) is 0 Å². The van der Waals surface area contributed by atoms with Gasteiger partial charge < -0.3 is 0 Å². The number of hydrogen-bond donors (Lipinski definition) is 1. The second kappa shape index (κ2) is 2.87. The first kappa shape index (κ1) is 8.29. The molecule has 4 heteroatoms. The number of nitrogens with one attached hydrogen (secondary N) is 1. The van der Waals surface area contributed by atoms with Crippen molar-refractivity contribution in [3.8, 4) is 0 Å². The average Bonchev–Trinajstić information content (AvgIpc) is 2.60. The molecule has 4 nitrogen and oxygen atoms in total. The Balaban J connectivity index is 2.66. The van der Waals surface area contributed by atoms with Crippen LogP contribution in [0.2, 0.25) is 0 Å². The van der Waals surface area contributed by atoms with E-state index >= 15 is 0 Å². The molecule has 0 amide bonds. The Morgan fingerprint density at radius 3 is 2.69 bits per heavy atom. The van der Waals surface area contributed by atoms with E-state index in [-0.39, 0.29) is 0 Å². The molecule has 2 rings (SSSR count). The van der Waals surface area contributed by atoms with E-state index < -0.39 is 0 Å². The maximum absolute atomic E-state index is 4.44. The van der Waals surface area contributed by atoms with Crippen molar-refractivity contribution in [3.63, 3.8) is 0 Å². The van der Waals surface area contributed by atoms with E-state index in [1.807, 2.05) is 0 Å². The van der Waals surface area contributed by atoms with Crippen LogP contribution in [-0.2, 0) is 12.8 Å². The Morgan fingerprint density at radius 2 is 2.08 bits per heavy atom. The molecular weight excluding hydrogens is 164 g/mol. The van der Waals surface area contributed by atoms with E-state index in [1.165, 1.54) is 11.3 Å². The number of rotatable bonds is 2. The summed E-state index contributed by atoms with van der Waals surface area (Å²) >= 11 is 0. The molecule has 2 heterocycles. The topological polar surface area (TPSA) is 46.0 Å². The zero-order chi connectivity index (χ0) is 9.42. The first-order chi connectivity index (χ1) is 6.26. The van der Waals surface area contributed by atoms with Gasteiger partial charge in [-0.25, -0.2) is 4.98 Å². The van der Waals surface area contributed by atoms with Crippen LogP contribution in [0.25, 0.3) is 5.65 Å². The number of fused-ring (bicyclic) bond motifs is 1. The van der Waals surface area contributed by atoms with Crippen LogP contribution in [0.5, 0.6) is 0 Å². The Kier molecular flexibility index (Phi) is 1.83. The quantitative estimate of drug-likeness (QED) is 0.757. The van der Waals surface area contributed by atoms with Gasteiger partial charge in [-0.3, -0.25) is 5.10 Å². The van der Waals surface area contributed by atoms with E-state index in [0.717, 1.165) is 24.3 Å². The van der Waals surface area contributed by atoms with Gasteiger partial charge in [-0.2, -0.15) is 4.63 Å². The molecule has 0 aromatic carbocycles. The van der Waals surface area contributed by atoms with Crippen molar-refractivity contribution in [3.05, 3.63) is 17.1 Å². The summed E-state index contributed by atoms with van der Waals surface area (Å²) < 4.78 is 1.77. The minimum Gasteiger partial charge on any atom is -0.280 e. The summed E-state index contributed by atoms with van der Waals surface area (Å²) in [6.07, 6.45) is 1.89. The number of aromatic nitrogens is 4. The number of nitrogens with zero attached hydrogens (tertiary/aromatic N) is 3. The average molecular weight is 178 g/mol. The van der Waals surface area contributed by atoms with Crippen LogP contribution in [0.15, 0.2) is 0 Å². The first-order valence-corrected chi connectivity index (χ1v) is 4.69. The van der Waals surface area contributed by atoms with Gasteiger partial charge in [0, 0.05) is 17.7 Å². The molecule has 13 heavy (non-hydrogen) atoms. The van der Waals surface area contributed by atoms with Crippen LogP contribution >= 0.6 is 0 Å². The lowest BCUT2D eigenvalue weighted by Crippen LogP contribution is -1.89. The van der Waals surface area contributed by atoms with Crippen molar-refractivity contribution in [2.75, 3.05) is 0 Å². The highest BCUT2D eigenvalue weighted by molar-refractivity contribution is 5.49. The molecule has 0 aliphatic heterocycles. The van der Waals surface area contributed by atoms with Crippen molar-refractivity contribution in [1.82, 2.24) is 19.8 Å². The normalized spacial score (nSPS) is 11.3. The first-order valence-electron chi connectivity index (χ1n) is 4.69. The minimum atomic E-state index is 0.887. The molecule has 0 saturated heterocycles. The molecule has 2 aromatic rings. The van der Waals surface area contributed by atoms with Gasteiger partial charge in [0.05, 0.1) is 0 Å². The van der Waals surface area contributed by atoms with Crippen molar-refractivity contribution >= 4 is 5.65 Å². The van der Waals surface area contributed by atoms with Crippen LogP contribution in [-0.4, -0.2) is 19.8 Å². The molecule has 0 spiro atoms. The van der Waals surface area contributed by atoms with Crippen LogP contribution < -0.4 is 0 Å². The van der Waals surface area contributed by atoms with Gasteiger partial charge in [-0.1, -0.05) is 13.8 Å². The summed E-state index contributed by atoms with van der Waals surface area (Å²) in [5, 5.41) is 7.49. The molecule has 0 radical (unpaired) electrons. The lowest BCUT2D eigenvalue weighted by molar-refractivity contribution is 0.778. The lowest BCUT2D eigenvalue weighted by atomic mass is 10.2. The van der Waals surface area contributed by atoms with Gasteiger partial charge in [-0.05, 0) is 13.3 Å². The zero-order valence-corrected chi connectivity index (χ0v) is 8.26. The Bertz CT molecular complexity index is 424. The molecule has 0 aliphatic rings. The zero-order valence-electron chi connectivity index (χ0n) is 8.26. The fourth-order valence-electron chi connectivity index (χ4n) is 1.60. The molecule has 0 bridgehead atoms. The molecule has 0 aliphatic carbocycles. The van der Waals surface area contributed by atoms with E-state index in [2.05, 4.69) is 36.0 Å². The Morgan fingerprint density at radius 1 is 1.31 bits per heavy atom. The van der Waals surface area contributed by atoms with Gasteiger partial charge >= 0.3 is 0 Å². The molecule has 1 N–H and O–H groups in total. The van der Waals surface area contributed by atoms with E-state index in [0.29, 0.717) is 0 Å². The molecule has 0 unspecified atom stereocenters. The van der Waals surface area contributed by atoms with Crippen molar-refractivity contribution in [2.45, 2.75) is 33.6 Å². The third-order valence-electron chi connectivity index (χ3n) is 2.32. The SMILES string of the molecule is CCc1nc2c(CC)c(C)[nH]n2n1. The maximum Gasteiger partial charge on any atom is 0.178 e. The summed E-state index contributed by atoms with van der Waals surface area (Å²) in [5.74, 6) is 0.904. The fourth-order valence-corrected chi connectivity index (χ4v) is 1.60. The van der Waals surface area contributed by atoms with E-state index in [9.17, 15) is 0 Å². The molecule has 0 atom stereocenters. The summed E-state index contributed by atoms with van der Waals surface area (Å²) in [5.41, 5.74) is 3.42. The van der Waals surface area contributed by atoms with E-state index in [1.54, 1.807) is 4.63 Å². The molecule has 70 valence electrons. The van der Waals surface area contributed by atoms with Crippen molar-refractivity contribution in [1.29, 1.82) is 0 Å². The van der Waals surface area contributed by atoms with Gasteiger partial charge in [0.25, 0.3) is 0 Å². The third-order valence-corrected chi connectivity index (χ3v) is 2.32. The Labute approximate surface area is 77.0 Å². The standard InChI is InChI=1S/C9H14N4/c1-4-7-6(3)11-13-9(7)10-8(5-2)12-13/h11H,4-5H2,1-3H3. The predicted molar refractivity (Wildman–Crippen MR) is 50.8 cm³/mol. The Hall–Kier alpha value is -1.32. The molecule has 0 fully saturated rings. The summed E-state index contributed by atoms with van der Waals surface area (Å²) in [4.78, 5) is 4.44. The number of aromatic amines is 1. The third kappa shape index (κ3) is 1.13. The van der Waals surface area contributed by atoms with Gasteiger partial charge in [0.1, 0.15) is 0 Å². The molecule has 0 saturated carbocycles. The number of hydrogen-bond acceptors (Lipinski definition) is 2. The molecule has 2 aromatic heterocycles. The number of H-pyrrole nitrogens is 1.